The van der Waals surface area contributed by atoms with Crippen LogP contribution in [0.1, 0.15) is 18.1 Å². The lowest BCUT2D eigenvalue weighted by molar-refractivity contribution is -0.385. The quantitative estimate of drug-likeness (QED) is 0.572. The maximum atomic E-state index is 13.1. The van der Waals surface area contributed by atoms with Crippen molar-refractivity contribution in [1.29, 1.82) is 0 Å². The molecule has 1 saturated heterocycles. The highest BCUT2D eigenvalue weighted by molar-refractivity contribution is 7.92. The zero-order valence-corrected chi connectivity index (χ0v) is 17.7. The number of nitro groups is 1. The van der Waals surface area contributed by atoms with Crippen molar-refractivity contribution in [3.8, 4) is 0 Å². The topological polar surface area (TPSA) is 95.8 Å². The highest BCUT2D eigenvalue weighted by Gasteiger charge is 2.25. The van der Waals surface area contributed by atoms with Gasteiger partial charge in [0, 0.05) is 38.3 Å². The molecule has 29 heavy (non-hydrogen) atoms. The molecule has 0 aliphatic carbocycles. The molecule has 0 spiro atoms. The molecule has 1 fully saturated rings. The number of rotatable bonds is 6. The molecular formula is C20H26N4O4S. The standard InChI is InChI=1S/C20H26N4O4S/c1-4-22-9-11-23(12-10-22)19-8-6-5-7-18(19)21-29(27,28)20-14-17(24(25)26)13-15(2)16(20)3/h5-8,13-14,21H,4,9-12H2,1-3H3. The van der Waals surface area contributed by atoms with Crippen LogP contribution >= 0.6 is 0 Å². The first kappa shape index (κ1) is 21.1. The van der Waals surface area contributed by atoms with Gasteiger partial charge in [0.15, 0.2) is 0 Å². The van der Waals surface area contributed by atoms with Crippen molar-refractivity contribution < 1.29 is 13.3 Å². The Kier molecular flexibility index (Phi) is 6.09. The average molecular weight is 419 g/mol. The van der Waals surface area contributed by atoms with Gasteiger partial charge in [0.05, 0.1) is 21.2 Å². The molecule has 1 aliphatic heterocycles. The third-order valence-electron chi connectivity index (χ3n) is 5.41. The third kappa shape index (κ3) is 4.51. The van der Waals surface area contributed by atoms with Gasteiger partial charge in [-0.25, -0.2) is 8.42 Å². The molecule has 0 aromatic heterocycles. The van der Waals surface area contributed by atoms with Crippen LogP contribution < -0.4 is 9.62 Å². The number of sulfonamides is 1. The summed E-state index contributed by atoms with van der Waals surface area (Å²) >= 11 is 0. The monoisotopic (exact) mass is 418 g/mol. The fourth-order valence-electron chi connectivity index (χ4n) is 3.53. The molecular weight excluding hydrogens is 392 g/mol. The molecule has 0 amide bonds. The second kappa shape index (κ2) is 8.38. The molecule has 2 aromatic rings. The number of anilines is 2. The van der Waals surface area contributed by atoms with Gasteiger partial charge in [-0.05, 0) is 43.7 Å². The van der Waals surface area contributed by atoms with Crippen LogP contribution in [0.5, 0.6) is 0 Å². The highest BCUT2D eigenvalue weighted by atomic mass is 32.2. The lowest BCUT2D eigenvalue weighted by Crippen LogP contribution is -2.46. The number of likely N-dealkylation sites (N-methyl/N-ethyl adjacent to an activating group) is 1. The summed E-state index contributed by atoms with van der Waals surface area (Å²) in [6, 6.07) is 9.77. The number of piperazine rings is 1. The van der Waals surface area contributed by atoms with Gasteiger partial charge in [-0.1, -0.05) is 19.1 Å². The average Bonchev–Trinajstić information content (AvgIpc) is 2.70. The number of benzene rings is 2. The fourth-order valence-corrected chi connectivity index (χ4v) is 4.95. The van der Waals surface area contributed by atoms with Crippen molar-refractivity contribution in [1.82, 2.24) is 4.90 Å². The van der Waals surface area contributed by atoms with E-state index in [1.807, 2.05) is 12.1 Å². The first-order valence-corrected chi connectivity index (χ1v) is 11.1. The third-order valence-corrected chi connectivity index (χ3v) is 6.91. The van der Waals surface area contributed by atoms with E-state index in [1.54, 1.807) is 26.0 Å². The first-order chi connectivity index (χ1) is 13.7. The Morgan fingerprint density at radius 1 is 1.10 bits per heavy atom. The largest absolute Gasteiger partial charge is 0.367 e. The maximum Gasteiger partial charge on any atom is 0.271 e. The molecule has 0 radical (unpaired) electrons. The second-order valence-electron chi connectivity index (χ2n) is 7.19. The van der Waals surface area contributed by atoms with Crippen LogP contribution in [0.15, 0.2) is 41.3 Å². The Balaban J connectivity index is 1.94. The van der Waals surface area contributed by atoms with Gasteiger partial charge in [0.25, 0.3) is 15.7 Å². The minimum Gasteiger partial charge on any atom is -0.367 e. The number of nitro benzene ring substituents is 1. The van der Waals surface area contributed by atoms with E-state index in [2.05, 4.69) is 21.4 Å². The van der Waals surface area contributed by atoms with Crippen LogP contribution in [-0.2, 0) is 10.0 Å². The van der Waals surface area contributed by atoms with Crippen LogP contribution in [0.2, 0.25) is 0 Å². The number of hydrogen-bond acceptors (Lipinski definition) is 6. The van der Waals surface area contributed by atoms with Crippen LogP contribution in [0, 0.1) is 24.0 Å². The van der Waals surface area contributed by atoms with E-state index in [0.29, 0.717) is 16.8 Å². The zero-order chi connectivity index (χ0) is 21.2. The van der Waals surface area contributed by atoms with Crippen LogP contribution in [0.3, 0.4) is 0 Å². The van der Waals surface area contributed by atoms with E-state index in [9.17, 15) is 18.5 Å². The van der Waals surface area contributed by atoms with Crippen LogP contribution in [0.25, 0.3) is 0 Å². The Morgan fingerprint density at radius 3 is 2.38 bits per heavy atom. The van der Waals surface area contributed by atoms with Gasteiger partial charge in [-0.2, -0.15) is 0 Å². The highest BCUT2D eigenvalue weighted by Crippen LogP contribution is 2.31. The van der Waals surface area contributed by atoms with E-state index in [-0.39, 0.29) is 10.6 Å². The number of non-ortho nitro benzene ring substituents is 1. The van der Waals surface area contributed by atoms with Gasteiger partial charge >= 0.3 is 0 Å². The van der Waals surface area contributed by atoms with Crippen molar-refractivity contribution in [3.63, 3.8) is 0 Å². The summed E-state index contributed by atoms with van der Waals surface area (Å²) in [4.78, 5) is 15.1. The summed E-state index contributed by atoms with van der Waals surface area (Å²) in [5, 5.41) is 11.2. The van der Waals surface area contributed by atoms with E-state index in [0.717, 1.165) is 44.5 Å². The molecule has 2 aromatic carbocycles. The number of hydrogen-bond donors (Lipinski definition) is 1. The molecule has 8 nitrogen and oxygen atoms in total. The van der Waals surface area contributed by atoms with Crippen molar-refractivity contribution in [3.05, 3.63) is 57.6 Å². The number of nitrogens with zero attached hydrogens (tertiary/aromatic N) is 3. The van der Waals surface area contributed by atoms with Crippen molar-refractivity contribution in [2.24, 2.45) is 0 Å². The van der Waals surface area contributed by atoms with Crippen LogP contribution in [0.4, 0.5) is 17.1 Å². The summed E-state index contributed by atoms with van der Waals surface area (Å²) in [6.45, 7) is 9.89. The van der Waals surface area contributed by atoms with Gasteiger partial charge in [0.2, 0.25) is 0 Å². The molecule has 0 unspecified atom stereocenters. The van der Waals surface area contributed by atoms with Gasteiger partial charge in [-0.15, -0.1) is 0 Å². The van der Waals surface area contributed by atoms with Crippen LogP contribution in [-0.4, -0.2) is 51.0 Å². The minimum atomic E-state index is -3.99. The number of aryl methyl sites for hydroxylation is 1. The van der Waals surface area contributed by atoms with Gasteiger partial charge in [0.1, 0.15) is 0 Å². The second-order valence-corrected chi connectivity index (χ2v) is 8.84. The lowest BCUT2D eigenvalue weighted by Gasteiger charge is -2.36. The predicted molar refractivity (Wildman–Crippen MR) is 114 cm³/mol. The Hall–Kier alpha value is -2.65. The summed E-state index contributed by atoms with van der Waals surface area (Å²) in [5.41, 5.74) is 2.10. The molecule has 1 N–H and O–H groups in total. The van der Waals surface area contributed by atoms with E-state index in [1.165, 1.54) is 6.07 Å². The molecule has 3 rings (SSSR count). The smallest absolute Gasteiger partial charge is 0.271 e. The normalized spacial score (nSPS) is 15.3. The van der Waals surface area contributed by atoms with Crippen molar-refractivity contribution >= 4 is 27.1 Å². The molecule has 156 valence electrons. The summed E-state index contributed by atoms with van der Waals surface area (Å²) < 4.78 is 28.9. The van der Waals surface area contributed by atoms with E-state index >= 15 is 0 Å². The first-order valence-electron chi connectivity index (χ1n) is 9.57. The summed E-state index contributed by atoms with van der Waals surface area (Å²) in [5.74, 6) is 0. The fraction of sp³-hybridized carbons (Fsp3) is 0.400. The minimum absolute atomic E-state index is 0.0743. The van der Waals surface area contributed by atoms with E-state index in [4.69, 9.17) is 0 Å². The molecule has 0 bridgehead atoms. The van der Waals surface area contributed by atoms with E-state index < -0.39 is 14.9 Å². The lowest BCUT2D eigenvalue weighted by atomic mass is 10.1. The maximum absolute atomic E-state index is 13.1. The molecule has 0 atom stereocenters. The Bertz CT molecular complexity index is 1020. The molecule has 1 heterocycles. The molecule has 1 aliphatic rings. The summed E-state index contributed by atoms with van der Waals surface area (Å²) in [7, 11) is -3.99. The van der Waals surface area contributed by atoms with Crippen molar-refractivity contribution in [2.45, 2.75) is 25.7 Å². The number of para-hydroxylation sites is 2. The molecule has 9 heteroatoms. The molecule has 0 saturated carbocycles. The van der Waals surface area contributed by atoms with Gasteiger partial charge < -0.3 is 9.80 Å². The van der Waals surface area contributed by atoms with Crippen molar-refractivity contribution in [2.75, 3.05) is 42.3 Å². The van der Waals surface area contributed by atoms with Gasteiger partial charge in [-0.3, -0.25) is 14.8 Å². The number of nitrogens with one attached hydrogen (secondary N) is 1. The Morgan fingerprint density at radius 2 is 1.76 bits per heavy atom. The zero-order valence-electron chi connectivity index (χ0n) is 16.9. The predicted octanol–water partition coefficient (Wildman–Crippen LogP) is 3.15. The summed E-state index contributed by atoms with van der Waals surface area (Å²) in [6.07, 6.45) is 0. The Labute approximate surface area is 171 Å². The SMILES string of the molecule is CCN1CCN(c2ccccc2NS(=O)(=O)c2cc([N+](=O)[O-])cc(C)c2C)CC1.